The minimum atomic E-state index is -0.173. The number of rotatable bonds is 4. The highest BCUT2D eigenvalue weighted by atomic mass is 16.2. The van der Waals surface area contributed by atoms with Gasteiger partial charge in [0.1, 0.15) is 5.69 Å². The molecule has 1 unspecified atom stereocenters. The van der Waals surface area contributed by atoms with Crippen LogP contribution in [-0.2, 0) is 13.6 Å². The molecule has 0 aromatic carbocycles. The summed E-state index contributed by atoms with van der Waals surface area (Å²) in [5.41, 5.74) is 1.20. The zero-order valence-corrected chi connectivity index (χ0v) is 13.5. The van der Waals surface area contributed by atoms with Crippen LogP contribution in [0.3, 0.4) is 0 Å². The number of hydrogen-bond acceptors (Lipinski definition) is 4. The number of nitrogens with zero attached hydrogens (tertiary/aromatic N) is 5. The lowest BCUT2D eigenvalue weighted by Crippen LogP contribution is -2.33. The zero-order chi connectivity index (χ0) is 16.4. The number of likely N-dealkylation sites (tertiary alicyclic amines) is 1. The van der Waals surface area contributed by atoms with Crippen molar-refractivity contribution in [2.24, 2.45) is 7.05 Å². The van der Waals surface area contributed by atoms with Gasteiger partial charge in [0.25, 0.3) is 11.5 Å². The predicted molar refractivity (Wildman–Crippen MR) is 85.0 cm³/mol. The van der Waals surface area contributed by atoms with Gasteiger partial charge in [-0.25, -0.2) is 4.68 Å². The van der Waals surface area contributed by atoms with Crippen LogP contribution in [0, 0.1) is 0 Å². The lowest BCUT2D eigenvalue weighted by molar-refractivity contribution is 0.0726. The number of aromatic nitrogens is 4. The van der Waals surface area contributed by atoms with E-state index in [2.05, 4.69) is 10.2 Å². The highest BCUT2D eigenvalue weighted by Gasteiger charge is 2.32. The molecule has 0 saturated carbocycles. The molecule has 1 aliphatic rings. The van der Waals surface area contributed by atoms with Gasteiger partial charge in [-0.15, -0.1) is 0 Å². The standard InChI is InChI=1S/C16H21N5O2/c1-3-8-21-15(22)7-6-13(18-21)16(23)20-9-4-5-14(20)12-10-17-19(2)11-12/h6-7,10-11,14H,3-5,8-9H2,1-2H3. The molecule has 1 fully saturated rings. The van der Waals surface area contributed by atoms with Crippen LogP contribution < -0.4 is 5.56 Å². The molecule has 1 amide bonds. The Hall–Kier alpha value is -2.44. The first kappa shape index (κ1) is 15.5. The summed E-state index contributed by atoms with van der Waals surface area (Å²) in [6, 6.07) is 2.98. The second-order valence-corrected chi connectivity index (χ2v) is 5.88. The lowest BCUT2D eigenvalue weighted by Gasteiger charge is -2.23. The van der Waals surface area contributed by atoms with Crippen LogP contribution in [0.2, 0.25) is 0 Å². The van der Waals surface area contributed by atoms with E-state index in [1.165, 1.54) is 16.8 Å². The van der Waals surface area contributed by atoms with E-state index in [0.717, 1.165) is 24.8 Å². The Kier molecular flexibility index (Phi) is 4.27. The van der Waals surface area contributed by atoms with Gasteiger partial charge in [0, 0.05) is 38.0 Å². The van der Waals surface area contributed by atoms with Gasteiger partial charge in [-0.2, -0.15) is 10.2 Å². The topological polar surface area (TPSA) is 73.0 Å². The molecule has 7 heteroatoms. The summed E-state index contributed by atoms with van der Waals surface area (Å²) in [4.78, 5) is 26.4. The molecule has 1 atom stereocenters. The van der Waals surface area contributed by atoms with Crippen molar-refractivity contribution in [2.75, 3.05) is 6.54 Å². The number of hydrogen-bond donors (Lipinski definition) is 0. The van der Waals surface area contributed by atoms with Gasteiger partial charge >= 0.3 is 0 Å². The Bertz CT molecular complexity index is 764. The maximum atomic E-state index is 12.8. The molecular formula is C16H21N5O2. The molecule has 1 aliphatic heterocycles. The quantitative estimate of drug-likeness (QED) is 0.854. The van der Waals surface area contributed by atoms with E-state index < -0.39 is 0 Å². The third-order valence-electron chi connectivity index (χ3n) is 4.14. The van der Waals surface area contributed by atoms with Crippen LogP contribution in [0.15, 0.2) is 29.3 Å². The molecule has 1 saturated heterocycles. The Balaban J connectivity index is 1.87. The number of carbonyl (C=O) groups is 1. The Morgan fingerprint density at radius 1 is 1.39 bits per heavy atom. The molecule has 7 nitrogen and oxygen atoms in total. The van der Waals surface area contributed by atoms with E-state index in [9.17, 15) is 9.59 Å². The van der Waals surface area contributed by atoms with Crippen LogP contribution in [0.4, 0.5) is 0 Å². The SMILES string of the molecule is CCCn1nc(C(=O)N2CCCC2c2cnn(C)c2)ccc1=O. The van der Waals surface area contributed by atoms with Crippen molar-refractivity contribution in [3.63, 3.8) is 0 Å². The summed E-state index contributed by atoms with van der Waals surface area (Å²) >= 11 is 0. The van der Waals surface area contributed by atoms with Crippen molar-refractivity contribution >= 4 is 5.91 Å². The first-order valence-corrected chi connectivity index (χ1v) is 7.98. The van der Waals surface area contributed by atoms with Gasteiger partial charge < -0.3 is 4.90 Å². The van der Waals surface area contributed by atoms with Gasteiger partial charge in [-0.1, -0.05) is 6.92 Å². The molecule has 0 bridgehead atoms. The second kappa shape index (κ2) is 6.36. The van der Waals surface area contributed by atoms with Crippen molar-refractivity contribution in [1.82, 2.24) is 24.5 Å². The van der Waals surface area contributed by atoms with Crippen LogP contribution in [0.25, 0.3) is 0 Å². The Morgan fingerprint density at radius 2 is 2.22 bits per heavy atom. The van der Waals surface area contributed by atoms with Gasteiger partial charge in [0.15, 0.2) is 0 Å². The minimum Gasteiger partial charge on any atom is -0.330 e. The molecule has 23 heavy (non-hydrogen) atoms. The van der Waals surface area contributed by atoms with Crippen molar-refractivity contribution in [3.8, 4) is 0 Å². The number of carbonyl (C=O) groups excluding carboxylic acids is 1. The van der Waals surface area contributed by atoms with Crippen molar-refractivity contribution in [3.05, 3.63) is 46.1 Å². The summed E-state index contributed by atoms with van der Waals surface area (Å²) in [6.45, 7) is 3.19. The van der Waals surface area contributed by atoms with E-state index >= 15 is 0 Å². The summed E-state index contributed by atoms with van der Waals surface area (Å²) in [5, 5.41) is 8.43. The van der Waals surface area contributed by atoms with Crippen LogP contribution >= 0.6 is 0 Å². The maximum absolute atomic E-state index is 12.8. The van der Waals surface area contributed by atoms with E-state index in [4.69, 9.17) is 0 Å². The molecule has 0 radical (unpaired) electrons. The third-order valence-corrected chi connectivity index (χ3v) is 4.14. The number of aryl methyl sites for hydroxylation is 2. The summed E-state index contributed by atoms with van der Waals surface area (Å²) in [5.74, 6) is -0.124. The normalized spacial score (nSPS) is 17.7. The molecule has 0 spiro atoms. The van der Waals surface area contributed by atoms with E-state index in [1.54, 1.807) is 4.68 Å². The molecule has 3 heterocycles. The van der Waals surface area contributed by atoms with Gasteiger partial charge in [-0.05, 0) is 25.3 Å². The molecule has 2 aromatic heterocycles. The highest BCUT2D eigenvalue weighted by molar-refractivity contribution is 5.92. The summed E-state index contributed by atoms with van der Waals surface area (Å²) in [6.07, 6.45) is 6.43. The fourth-order valence-electron chi connectivity index (χ4n) is 3.05. The molecule has 0 N–H and O–H groups in total. The van der Waals surface area contributed by atoms with Gasteiger partial charge in [0.05, 0.1) is 12.2 Å². The van der Waals surface area contributed by atoms with E-state index in [1.807, 2.05) is 31.3 Å². The summed E-state index contributed by atoms with van der Waals surface area (Å²) < 4.78 is 3.11. The molecule has 2 aromatic rings. The number of amides is 1. The van der Waals surface area contributed by atoms with Gasteiger partial charge in [-0.3, -0.25) is 14.3 Å². The van der Waals surface area contributed by atoms with Crippen molar-refractivity contribution in [1.29, 1.82) is 0 Å². The van der Waals surface area contributed by atoms with Gasteiger partial charge in [0.2, 0.25) is 0 Å². The van der Waals surface area contributed by atoms with E-state index in [0.29, 0.717) is 18.8 Å². The van der Waals surface area contributed by atoms with Crippen molar-refractivity contribution < 1.29 is 4.79 Å². The molecule has 122 valence electrons. The first-order valence-electron chi connectivity index (χ1n) is 7.98. The Labute approximate surface area is 134 Å². The van der Waals surface area contributed by atoms with E-state index in [-0.39, 0.29) is 17.5 Å². The highest BCUT2D eigenvalue weighted by Crippen LogP contribution is 2.32. The van der Waals surface area contributed by atoms with Crippen molar-refractivity contribution in [2.45, 2.75) is 38.8 Å². The third kappa shape index (κ3) is 3.04. The second-order valence-electron chi connectivity index (χ2n) is 5.88. The lowest BCUT2D eigenvalue weighted by atomic mass is 10.1. The average Bonchev–Trinajstić information content (AvgIpc) is 3.17. The Morgan fingerprint density at radius 3 is 2.91 bits per heavy atom. The smallest absolute Gasteiger partial charge is 0.274 e. The zero-order valence-electron chi connectivity index (χ0n) is 13.5. The molecular weight excluding hydrogens is 294 g/mol. The summed E-state index contributed by atoms with van der Waals surface area (Å²) in [7, 11) is 1.87. The van der Waals surface area contributed by atoms with Crippen LogP contribution in [0.5, 0.6) is 0 Å². The van der Waals surface area contributed by atoms with Crippen LogP contribution in [0.1, 0.15) is 48.3 Å². The largest absolute Gasteiger partial charge is 0.330 e. The average molecular weight is 315 g/mol. The molecule has 3 rings (SSSR count). The fourth-order valence-corrected chi connectivity index (χ4v) is 3.05. The first-order chi connectivity index (χ1) is 11.1. The van der Waals surface area contributed by atoms with Crippen LogP contribution in [-0.4, -0.2) is 36.9 Å². The fraction of sp³-hybridized carbons (Fsp3) is 0.500. The minimum absolute atomic E-state index is 0.0320. The predicted octanol–water partition coefficient (Wildman–Crippen LogP) is 1.36. The maximum Gasteiger partial charge on any atom is 0.274 e. The molecule has 0 aliphatic carbocycles. The monoisotopic (exact) mass is 315 g/mol.